The quantitative estimate of drug-likeness (QED) is 0.494. The number of hydrogen-bond acceptors (Lipinski definition) is 6. The number of benzene rings is 2. The van der Waals surface area contributed by atoms with Gasteiger partial charge in [0.05, 0.1) is 5.39 Å². The van der Waals surface area contributed by atoms with Crippen LogP contribution in [-0.2, 0) is 4.79 Å². The molecule has 0 atom stereocenters. The number of nitrogens with zero attached hydrogens (tertiary/aromatic N) is 3. The van der Waals surface area contributed by atoms with Gasteiger partial charge in [-0.2, -0.15) is 0 Å². The van der Waals surface area contributed by atoms with E-state index in [1.165, 1.54) is 6.07 Å². The van der Waals surface area contributed by atoms with Crippen LogP contribution in [0.1, 0.15) is 6.42 Å². The highest BCUT2D eigenvalue weighted by Gasteiger charge is 2.14. The standard InChI is InChI=1S/C22H20N4O2S/c1-26(11-10-20(28)25-16-8-5-9-17(27)12-16)21-18-13-19(15-6-3-2-4-7-15)29-22(18)24-14-23-21/h2-9,12-14,27H,10-11H2,1H3,(H,25,28). The van der Waals surface area contributed by atoms with E-state index in [1.54, 1.807) is 35.9 Å². The smallest absolute Gasteiger partial charge is 0.226 e. The van der Waals surface area contributed by atoms with Crippen LogP contribution in [0.25, 0.3) is 20.7 Å². The lowest BCUT2D eigenvalue weighted by Gasteiger charge is -2.18. The minimum atomic E-state index is -0.122. The number of amides is 1. The molecule has 0 fully saturated rings. The van der Waals surface area contributed by atoms with E-state index in [1.807, 2.05) is 30.1 Å². The molecule has 0 spiro atoms. The highest BCUT2D eigenvalue weighted by molar-refractivity contribution is 7.21. The molecule has 6 nitrogen and oxygen atoms in total. The molecule has 4 aromatic rings. The summed E-state index contributed by atoms with van der Waals surface area (Å²) in [5.74, 6) is 0.802. The Morgan fingerprint density at radius 1 is 1.10 bits per heavy atom. The molecule has 0 saturated carbocycles. The van der Waals surface area contributed by atoms with Crippen molar-refractivity contribution in [2.75, 3.05) is 23.8 Å². The third-order valence-corrected chi connectivity index (χ3v) is 5.62. The second-order valence-electron chi connectivity index (χ2n) is 6.66. The van der Waals surface area contributed by atoms with Crippen LogP contribution in [0.5, 0.6) is 5.75 Å². The Morgan fingerprint density at radius 3 is 2.72 bits per heavy atom. The Labute approximate surface area is 172 Å². The van der Waals surface area contributed by atoms with Gasteiger partial charge in [0, 0.05) is 36.6 Å². The highest BCUT2D eigenvalue weighted by Crippen LogP contribution is 2.35. The fourth-order valence-corrected chi connectivity index (χ4v) is 4.07. The number of fused-ring (bicyclic) bond motifs is 1. The summed E-state index contributed by atoms with van der Waals surface area (Å²) in [5, 5.41) is 13.3. The van der Waals surface area contributed by atoms with E-state index in [9.17, 15) is 9.90 Å². The van der Waals surface area contributed by atoms with E-state index in [0.29, 0.717) is 18.7 Å². The lowest BCUT2D eigenvalue weighted by molar-refractivity contribution is -0.116. The summed E-state index contributed by atoms with van der Waals surface area (Å²) in [6, 6.07) is 18.8. The van der Waals surface area contributed by atoms with Crippen molar-refractivity contribution in [2.45, 2.75) is 6.42 Å². The van der Waals surface area contributed by atoms with Crippen LogP contribution in [0.2, 0.25) is 0 Å². The van der Waals surface area contributed by atoms with Gasteiger partial charge in [-0.1, -0.05) is 36.4 Å². The average Bonchev–Trinajstić information content (AvgIpc) is 3.17. The van der Waals surface area contributed by atoms with E-state index in [4.69, 9.17) is 0 Å². The van der Waals surface area contributed by atoms with E-state index >= 15 is 0 Å². The molecule has 0 aliphatic rings. The molecule has 1 amide bonds. The number of carbonyl (C=O) groups excluding carboxylic acids is 1. The molecule has 29 heavy (non-hydrogen) atoms. The topological polar surface area (TPSA) is 78.4 Å². The molecule has 2 N–H and O–H groups in total. The molecule has 2 heterocycles. The Hall–Kier alpha value is -3.45. The Balaban J connectivity index is 1.47. The van der Waals surface area contributed by atoms with Gasteiger partial charge in [0.15, 0.2) is 0 Å². The number of aromatic nitrogens is 2. The van der Waals surface area contributed by atoms with E-state index in [0.717, 1.165) is 26.5 Å². The summed E-state index contributed by atoms with van der Waals surface area (Å²) >= 11 is 1.63. The van der Waals surface area contributed by atoms with Gasteiger partial charge >= 0.3 is 0 Å². The minimum absolute atomic E-state index is 0.120. The fourth-order valence-electron chi connectivity index (χ4n) is 3.07. The van der Waals surface area contributed by atoms with Gasteiger partial charge < -0.3 is 15.3 Å². The number of phenols is 1. The zero-order valence-corrected chi connectivity index (χ0v) is 16.7. The molecule has 146 valence electrons. The summed E-state index contributed by atoms with van der Waals surface area (Å²) < 4.78 is 0. The predicted molar refractivity (Wildman–Crippen MR) is 117 cm³/mol. The van der Waals surface area contributed by atoms with Crippen molar-refractivity contribution in [2.24, 2.45) is 0 Å². The lowest BCUT2D eigenvalue weighted by Crippen LogP contribution is -2.24. The maximum absolute atomic E-state index is 12.3. The highest BCUT2D eigenvalue weighted by atomic mass is 32.1. The molecule has 4 rings (SSSR count). The van der Waals surface area contributed by atoms with E-state index < -0.39 is 0 Å². The van der Waals surface area contributed by atoms with E-state index in [2.05, 4.69) is 33.5 Å². The summed E-state index contributed by atoms with van der Waals surface area (Å²) in [7, 11) is 1.92. The Kier molecular flexibility index (Phi) is 5.39. The number of phenolic OH excluding ortho intramolecular Hbond substituents is 1. The first-order valence-corrected chi connectivity index (χ1v) is 10.0. The van der Waals surface area contributed by atoms with Crippen LogP contribution >= 0.6 is 11.3 Å². The summed E-state index contributed by atoms with van der Waals surface area (Å²) in [6.07, 6.45) is 1.86. The van der Waals surface area contributed by atoms with Gasteiger partial charge in [0.1, 0.15) is 22.7 Å². The molecule has 0 aliphatic carbocycles. The number of anilines is 2. The van der Waals surface area contributed by atoms with Crippen LogP contribution < -0.4 is 10.2 Å². The van der Waals surface area contributed by atoms with Crippen LogP contribution in [0.4, 0.5) is 11.5 Å². The maximum Gasteiger partial charge on any atom is 0.226 e. The number of hydrogen-bond donors (Lipinski definition) is 2. The lowest BCUT2D eigenvalue weighted by atomic mass is 10.2. The third-order valence-electron chi connectivity index (χ3n) is 4.53. The largest absolute Gasteiger partial charge is 0.508 e. The van der Waals surface area contributed by atoms with E-state index in [-0.39, 0.29) is 11.7 Å². The molecule has 0 aliphatic heterocycles. The van der Waals surface area contributed by atoms with Crippen LogP contribution in [0.15, 0.2) is 67.0 Å². The normalized spacial score (nSPS) is 10.8. The molecular formula is C22H20N4O2S. The molecular weight excluding hydrogens is 384 g/mol. The maximum atomic E-state index is 12.3. The zero-order valence-electron chi connectivity index (χ0n) is 15.9. The number of nitrogens with one attached hydrogen (secondary N) is 1. The van der Waals surface area contributed by atoms with Gasteiger partial charge in [-0.15, -0.1) is 11.3 Å². The summed E-state index contributed by atoms with van der Waals surface area (Å²) in [6.45, 7) is 0.507. The number of aromatic hydroxyl groups is 1. The summed E-state index contributed by atoms with van der Waals surface area (Å²) in [4.78, 5) is 25.1. The van der Waals surface area contributed by atoms with Crippen LogP contribution in [0.3, 0.4) is 0 Å². The first kappa shape index (κ1) is 18.9. The Bertz CT molecular complexity index is 1140. The molecule has 2 aromatic carbocycles. The van der Waals surface area contributed by atoms with Crippen LogP contribution in [0, 0.1) is 0 Å². The summed E-state index contributed by atoms with van der Waals surface area (Å²) in [5.41, 5.74) is 1.72. The molecule has 0 radical (unpaired) electrons. The SMILES string of the molecule is CN(CCC(=O)Nc1cccc(O)c1)c1ncnc2sc(-c3ccccc3)cc12. The monoisotopic (exact) mass is 404 g/mol. The number of thiophene rings is 1. The number of carbonyl (C=O) groups is 1. The third kappa shape index (κ3) is 4.35. The van der Waals surface area contributed by atoms with Crippen molar-refractivity contribution in [1.29, 1.82) is 0 Å². The molecule has 2 aromatic heterocycles. The first-order valence-electron chi connectivity index (χ1n) is 9.20. The molecule has 7 heteroatoms. The Morgan fingerprint density at radius 2 is 1.93 bits per heavy atom. The van der Waals surface area contributed by atoms with Gasteiger partial charge in [-0.05, 0) is 23.8 Å². The van der Waals surface area contributed by atoms with Gasteiger partial charge in [-0.3, -0.25) is 4.79 Å². The van der Waals surface area contributed by atoms with Gasteiger partial charge in [0.2, 0.25) is 5.91 Å². The fraction of sp³-hybridized carbons (Fsp3) is 0.136. The molecule has 0 saturated heterocycles. The van der Waals surface area contributed by atoms with Crippen molar-refractivity contribution < 1.29 is 9.90 Å². The molecule has 0 bridgehead atoms. The zero-order chi connectivity index (χ0) is 20.2. The molecule has 0 unspecified atom stereocenters. The van der Waals surface area contributed by atoms with Crippen molar-refractivity contribution >= 4 is 39.0 Å². The van der Waals surface area contributed by atoms with Crippen LogP contribution in [-0.4, -0.2) is 34.6 Å². The van der Waals surface area contributed by atoms with Crippen molar-refractivity contribution in [3.05, 3.63) is 67.0 Å². The van der Waals surface area contributed by atoms with Gasteiger partial charge in [0.25, 0.3) is 0 Å². The van der Waals surface area contributed by atoms with Crippen molar-refractivity contribution in [3.8, 4) is 16.2 Å². The van der Waals surface area contributed by atoms with Crippen molar-refractivity contribution in [3.63, 3.8) is 0 Å². The minimum Gasteiger partial charge on any atom is -0.508 e. The van der Waals surface area contributed by atoms with Crippen molar-refractivity contribution in [1.82, 2.24) is 9.97 Å². The number of rotatable bonds is 6. The predicted octanol–water partition coefficient (Wildman–Crippen LogP) is 4.53. The first-order chi connectivity index (χ1) is 14.1. The second-order valence-corrected chi connectivity index (χ2v) is 7.69. The average molecular weight is 404 g/mol. The second kappa shape index (κ2) is 8.28. The van der Waals surface area contributed by atoms with Gasteiger partial charge in [-0.25, -0.2) is 9.97 Å².